The average molecular weight is 388 g/mol. The molecule has 1 N–H and O–H groups in total. The van der Waals surface area contributed by atoms with E-state index in [0.717, 1.165) is 23.9 Å². The van der Waals surface area contributed by atoms with Gasteiger partial charge in [-0.25, -0.2) is 0 Å². The number of likely N-dealkylation sites (tertiary alicyclic amines) is 1. The summed E-state index contributed by atoms with van der Waals surface area (Å²) in [6, 6.07) is 17.0. The molecule has 0 aromatic heterocycles. The number of carbonyl (C=O) groups is 1. The Kier molecular flexibility index (Phi) is 5.36. The summed E-state index contributed by atoms with van der Waals surface area (Å²) in [4.78, 5) is 13.8. The molecule has 0 aliphatic carbocycles. The van der Waals surface area contributed by atoms with Gasteiger partial charge in [-0.05, 0) is 49.6 Å². The fraction of sp³-hybridized carbons (Fsp3) is 0.350. The minimum Gasteiger partial charge on any atom is -0.481 e. The zero-order valence-corrected chi connectivity index (χ0v) is 15.4. The number of piperidine rings is 1. The molecule has 1 aliphatic heterocycles. The monoisotopic (exact) mass is 387 g/mol. The van der Waals surface area contributed by atoms with Crippen molar-refractivity contribution in [1.29, 1.82) is 0 Å². The summed E-state index contributed by atoms with van der Waals surface area (Å²) < 4.78 is 1.05. The molecule has 1 fully saturated rings. The van der Waals surface area contributed by atoms with Crippen LogP contribution < -0.4 is 0 Å². The molecule has 2 unspecified atom stereocenters. The fourth-order valence-corrected chi connectivity index (χ4v) is 3.90. The molecular weight excluding hydrogens is 366 g/mol. The van der Waals surface area contributed by atoms with Gasteiger partial charge in [-0.2, -0.15) is 0 Å². The Morgan fingerprint density at radius 3 is 2.62 bits per heavy atom. The van der Waals surface area contributed by atoms with Crippen LogP contribution in [0.5, 0.6) is 0 Å². The van der Waals surface area contributed by atoms with E-state index in [1.165, 1.54) is 16.7 Å². The summed E-state index contributed by atoms with van der Waals surface area (Å²) in [6.45, 7) is 3.61. The van der Waals surface area contributed by atoms with Gasteiger partial charge in [0.2, 0.25) is 0 Å². The highest BCUT2D eigenvalue weighted by Gasteiger charge is 2.31. The van der Waals surface area contributed by atoms with E-state index >= 15 is 0 Å². The SMILES string of the molecule is Cc1ccc(C(c2cccc(Br)c2)N2CCCC(C(=O)O)C2)cc1. The van der Waals surface area contributed by atoms with Crippen LogP contribution in [0.3, 0.4) is 0 Å². The molecule has 1 aliphatic rings. The lowest BCUT2D eigenvalue weighted by molar-refractivity contribution is -0.143. The highest BCUT2D eigenvalue weighted by Crippen LogP contribution is 2.33. The van der Waals surface area contributed by atoms with E-state index in [1.54, 1.807) is 0 Å². The van der Waals surface area contributed by atoms with Crippen LogP contribution >= 0.6 is 15.9 Å². The van der Waals surface area contributed by atoms with Crippen LogP contribution in [0.4, 0.5) is 0 Å². The average Bonchev–Trinajstić information content (AvgIpc) is 2.57. The van der Waals surface area contributed by atoms with Gasteiger partial charge in [0.15, 0.2) is 0 Å². The fourth-order valence-electron chi connectivity index (χ4n) is 3.48. The number of hydrogen-bond donors (Lipinski definition) is 1. The quantitative estimate of drug-likeness (QED) is 0.830. The number of aliphatic carboxylic acids is 1. The first-order chi connectivity index (χ1) is 11.5. The van der Waals surface area contributed by atoms with E-state index in [2.05, 4.69) is 64.2 Å². The number of nitrogens with zero attached hydrogens (tertiary/aromatic N) is 1. The van der Waals surface area contributed by atoms with Crippen molar-refractivity contribution >= 4 is 21.9 Å². The Hall–Kier alpha value is -1.65. The number of hydrogen-bond acceptors (Lipinski definition) is 2. The maximum atomic E-state index is 11.5. The maximum Gasteiger partial charge on any atom is 0.307 e. The van der Waals surface area contributed by atoms with Gasteiger partial charge in [-0.3, -0.25) is 9.69 Å². The lowest BCUT2D eigenvalue weighted by atomic mass is 9.91. The van der Waals surface area contributed by atoms with Gasteiger partial charge >= 0.3 is 5.97 Å². The van der Waals surface area contributed by atoms with Gasteiger partial charge in [-0.15, -0.1) is 0 Å². The highest BCUT2D eigenvalue weighted by atomic mass is 79.9. The number of carboxylic acid groups (broad SMARTS) is 1. The molecule has 2 aromatic carbocycles. The summed E-state index contributed by atoms with van der Waals surface area (Å²) in [5.74, 6) is -0.963. The van der Waals surface area contributed by atoms with E-state index in [1.807, 2.05) is 12.1 Å². The predicted octanol–water partition coefficient (Wildman–Crippen LogP) is 4.64. The normalized spacial score (nSPS) is 19.8. The highest BCUT2D eigenvalue weighted by molar-refractivity contribution is 9.10. The lowest BCUT2D eigenvalue weighted by Crippen LogP contribution is -2.41. The summed E-state index contributed by atoms with van der Waals surface area (Å²) in [5, 5.41) is 9.43. The molecule has 2 atom stereocenters. The second-order valence-corrected chi connectivity index (χ2v) is 7.46. The number of aryl methyl sites for hydroxylation is 1. The molecule has 2 aromatic rings. The third-order valence-corrected chi connectivity index (χ3v) is 5.22. The molecule has 1 saturated heterocycles. The number of halogens is 1. The molecule has 0 radical (unpaired) electrons. The van der Waals surface area contributed by atoms with Gasteiger partial charge in [-0.1, -0.05) is 57.9 Å². The molecule has 0 bridgehead atoms. The molecule has 0 saturated carbocycles. The lowest BCUT2D eigenvalue weighted by Gasteiger charge is -2.37. The molecular formula is C20H22BrNO2. The molecule has 0 spiro atoms. The molecule has 3 rings (SSSR count). The Labute approximate surface area is 151 Å². The minimum absolute atomic E-state index is 0.0882. The predicted molar refractivity (Wildman–Crippen MR) is 99.1 cm³/mol. The van der Waals surface area contributed by atoms with Crippen molar-refractivity contribution in [1.82, 2.24) is 4.90 Å². The minimum atomic E-state index is -0.684. The van der Waals surface area contributed by atoms with E-state index < -0.39 is 5.97 Å². The Morgan fingerprint density at radius 1 is 1.21 bits per heavy atom. The van der Waals surface area contributed by atoms with Crippen molar-refractivity contribution in [2.75, 3.05) is 13.1 Å². The van der Waals surface area contributed by atoms with Crippen LogP contribution in [0.25, 0.3) is 0 Å². The van der Waals surface area contributed by atoms with Crippen molar-refractivity contribution in [3.8, 4) is 0 Å². The van der Waals surface area contributed by atoms with Gasteiger partial charge in [0, 0.05) is 11.0 Å². The standard InChI is InChI=1S/C20H22BrNO2/c1-14-7-9-15(10-8-14)19(16-4-2-6-18(21)12-16)22-11-3-5-17(13-22)20(23)24/h2,4,6-10,12,17,19H,3,5,11,13H2,1H3,(H,23,24). The molecule has 24 heavy (non-hydrogen) atoms. The smallest absolute Gasteiger partial charge is 0.307 e. The summed E-state index contributed by atoms with van der Waals surface area (Å²) >= 11 is 3.56. The van der Waals surface area contributed by atoms with Crippen molar-refractivity contribution in [3.05, 3.63) is 69.7 Å². The summed E-state index contributed by atoms with van der Waals surface area (Å²) in [5.41, 5.74) is 3.64. The van der Waals surface area contributed by atoms with Crippen LogP contribution in [0.15, 0.2) is 53.0 Å². The van der Waals surface area contributed by atoms with Crippen LogP contribution in [0.2, 0.25) is 0 Å². The van der Waals surface area contributed by atoms with Crippen molar-refractivity contribution in [2.24, 2.45) is 5.92 Å². The van der Waals surface area contributed by atoms with Gasteiger partial charge in [0.1, 0.15) is 0 Å². The summed E-state index contributed by atoms with van der Waals surface area (Å²) in [7, 11) is 0. The Balaban J connectivity index is 1.98. The first kappa shape index (κ1) is 17.2. The first-order valence-corrected chi connectivity index (χ1v) is 9.13. The second-order valence-electron chi connectivity index (χ2n) is 6.54. The maximum absolute atomic E-state index is 11.5. The van der Waals surface area contributed by atoms with Crippen LogP contribution in [-0.4, -0.2) is 29.1 Å². The van der Waals surface area contributed by atoms with Crippen molar-refractivity contribution < 1.29 is 9.90 Å². The van der Waals surface area contributed by atoms with Crippen LogP contribution in [-0.2, 0) is 4.79 Å². The third-order valence-electron chi connectivity index (χ3n) is 4.72. The molecule has 126 valence electrons. The van der Waals surface area contributed by atoms with E-state index in [9.17, 15) is 9.90 Å². The topological polar surface area (TPSA) is 40.5 Å². The van der Waals surface area contributed by atoms with E-state index in [-0.39, 0.29) is 12.0 Å². The first-order valence-electron chi connectivity index (χ1n) is 8.33. The molecule has 0 amide bonds. The van der Waals surface area contributed by atoms with Gasteiger partial charge in [0.05, 0.1) is 12.0 Å². The van der Waals surface area contributed by atoms with Crippen LogP contribution in [0.1, 0.15) is 35.6 Å². The van der Waals surface area contributed by atoms with Crippen molar-refractivity contribution in [2.45, 2.75) is 25.8 Å². The van der Waals surface area contributed by atoms with Crippen molar-refractivity contribution in [3.63, 3.8) is 0 Å². The molecule has 3 nitrogen and oxygen atoms in total. The number of rotatable bonds is 4. The second kappa shape index (κ2) is 7.49. The van der Waals surface area contributed by atoms with E-state index in [0.29, 0.717) is 6.54 Å². The zero-order valence-electron chi connectivity index (χ0n) is 13.8. The third kappa shape index (κ3) is 3.87. The zero-order chi connectivity index (χ0) is 17.1. The Bertz CT molecular complexity index is 714. The van der Waals surface area contributed by atoms with Gasteiger partial charge < -0.3 is 5.11 Å². The van der Waals surface area contributed by atoms with E-state index in [4.69, 9.17) is 0 Å². The number of carboxylic acids is 1. The summed E-state index contributed by atoms with van der Waals surface area (Å²) in [6.07, 6.45) is 1.69. The van der Waals surface area contributed by atoms with Crippen LogP contribution in [0, 0.1) is 12.8 Å². The molecule has 4 heteroatoms. The largest absolute Gasteiger partial charge is 0.481 e. The van der Waals surface area contributed by atoms with Gasteiger partial charge in [0.25, 0.3) is 0 Å². The number of benzene rings is 2. The molecule has 1 heterocycles. The Morgan fingerprint density at radius 2 is 1.96 bits per heavy atom.